The van der Waals surface area contributed by atoms with E-state index in [1.165, 1.54) is 11.8 Å². The smallest absolute Gasteiger partial charge is 0.234 e. The Balaban J connectivity index is 1.17. The van der Waals surface area contributed by atoms with Crippen molar-refractivity contribution in [3.8, 4) is 0 Å². The van der Waals surface area contributed by atoms with Crippen LogP contribution in [0.4, 0.5) is 15.8 Å². The van der Waals surface area contributed by atoms with Gasteiger partial charge in [0.1, 0.15) is 5.82 Å². The van der Waals surface area contributed by atoms with Crippen molar-refractivity contribution in [1.29, 1.82) is 0 Å². The van der Waals surface area contributed by atoms with Crippen molar-refractivity contribution in [2.45, 2.75) is 6.42 Å². The number of piperazine rings is 1. The van der Waals surface area contributed by atoms with E-state index in [0.717, 1.165) is 52.2 Å². The Bertz CT molecular complexity index is 808. The molecule has 2 heterocycles. The number of para-hydroxylation sites is 2. The molecule has 0 saturated carbocycles. The second kappa shape index (κ2) is 9.27. The largest absolute Gasteiger partial charge is 0.371 e. The SMILES string of the molecule is O=C(CN1CCN(c2ccccc2F)CC1)NCC1CCN(c2ccccc2)C1. The van der Waals surface area contributed by atoms with Crippen molar-refractivity contribution in [3.05, 3.63) is 60.4 Å². The summed E-state index contributed by atoms with van der Waals surface area (Å²) in [5.74, 6) is 0.402. The number of nitrogens with one attached hydrogen (secondary N) is 1. The van der Waals surface area contributed by atoms with Crippen LogP contribution in [-0.4, -0.2) is 63.2 Å². The first-order valence-electron chi connectivity index (χ1n) is 10.5. The van der Waals surface area contributed by atoms with Crippen LogP contribution < -0.4 is 15.1 Å². The van der Waals surface area contributed by atoms with E-state index in [9.17, 15) is 9.18 Å². The van der Waals surface area contributed by atoms with Crippen molar-refractivity contribution in [3.63, 3.8) is 0 Å². The fourth-order valence-corrected chi connectivity index (χ4v) is 4.24. The number of hydrogen-bond donors (Lipinski definition) is 1. The van der Waals surface area contributed by atoms with Crippen molar-refractivity contribution >= 4 is 17.3 Å². The fraction of sp³-hybridized carbons (Fsp3) is 0.435. The molecule has 2 aliphatic rings. The number of amides is 1. The lowest BCUT2D eigenvalue weighted by molar-refractivity contribution is -0.122. The van der Waals surface area contributed by atoms with Gasteiger partial charge in [-0.1, -0.05) is 30.3 Å². The first kappa shape index (κ1) is 19.7. The summed E-state index contributed by atoms with van der Waals surface area (Å²) in [6.45, 7) is 6.21. The molecule has 154 valence electrons. The summed E-state index contributed by atoms with van der Waals surface area (Å²) in [6, 6.07) is 17.3. The van der Waals surface area contributed by atoms with Gasteiger partial charge in [-0.15, -0.1) is 0 Å². The van der Waals surface area contributed by atoms with E-state index in [0.29, 0.717) is 18.2 Å². The Labute approximate surface area is 172 Å². The van der Waals surface area contributed by atoms with E-state index in [-0.39, 0.29) is 11.7 Å². The van der Waals surface area contributed by atoms with Gasteiger partial charge in [0.2, 0.25) is 5.91 Å². The maximum absolute atomic E-state index is 13.9. The van der Waals surface area contributed by atoms with E-state index in [1.54, 1.807) is 6.07 Å². The predicted octanol–water partition coefficient (Wildman–Crippen LogP) is 2.59. The zero-order valence-corrected chi connectivity index (χ0v) is 16.8. The highest BCUT2D eigenvalue weighted by Gasteiger charge is 2.24. The Hall–Kier alpha value is -2.60. The van der Waals surface area contributed by atoms with Gasteiger partial charge < -0.3 is 15.1 Å². The van der Waals surface area contributed by atoms with Gasteiger partial charge in [-0.3, -0.25) is 9.69 Å². The predicted molar refractivity (Wildman–Crippen MR) is 115 cm³/mol. The Kier molecular flexibility index (Phi) is 6.30. The molecule has 1 amide bonds. The maximum Gasteiger partial charge on any atom is 0.234 e. The van der Waals surface area contributed by atoms with Crippen LogP contribution in [0.3, 0.4) is 0 Å². The monoisotopic (exact) mass is 396 g/mol. The summed E-state index contributed by atoms with van der Waals surface area (Å²) in [6.07, 6.45) is 1.11. The summed E-state index contributed by atoms with van der Waals surface area (Å²) in [5.41, 5.74) is 1.91. The highest BCUT2D eigenvalue weighted by atomic mass is 19.1. The first-order chi connectivity index (χ1) is 14.2. The summed E-state index contributed by atoms with van der Waals surface area (Å²) in [7, 11) is 0. The zero-order valence-electron chi connectivity index (χ0n) is 16.8. The number of anilines is 2. The second-order valence-corrected chi connectivity index (χ2v) is 7.95. The van der Waals surface area contributed by atoms with E-state index in [1.807, 2.05) is 18.2 Å². The molecule has 6 heteroatoms. The average molecular weight is 397 g/mol. The fourth-order valence-electron chi connectivity index (χ4n) is 4.24. The number of halogens is 1. The molecule has 2 saturated heterocycles. The third-order valence-electron chi connectivity index (χ3n) is 5.93. The van der Waals surface area contributed by atoms with Gasteiger partial charge in [-0.25, -0.2) is 4.39 Å². The lowest BCUT2D eigenvalue weighted by Crippen LogP contribution is -2.50. The molecular weight excluding hydrogens is 367 g/mol. The maximum atomic E-state index is 13.9. The molecular formula is C23H29FN4O. The number of benzene rings is 2. The van der Waals surface area contributed by atoms with Crippen LogP contribution in [-0.2, 0) is 4.79 Å². The van der Waals surface area contributed by atoms with Crippen LogP contribution >= 0.6 is 0 Å². The number of hydrogen-bond acceptors (Lipinski definition) is 4. The summed E-state index contributed by atoms with van der Waals surface area (Å²) in [4.78, 5) is 19.0. The molecule has 0 radical (unpaired) electrons. The lowest BCUT2D eigenvalue weighted by Gasteiger charge is -2.35. The molecule has 0 aromatic heterocycles. The number of rotatable bonds is 6. The minimum Gasteiger partial charge on any atom is -0.371 e. The summed E-state index contributed by atoms with van der Waals surface area (Å²) >= 11 is 0. The van der Waals surface area contributed by atoms with Gasteiger partial charge in [0, 0.05) is 51.5 Å². The molecule has 2 aromatic rings. The molecule has 4 rings (SSSR count). The van der Waals surface area contributed by atoms with Crippen molar-refractivity contribution in [2.75, 3.05) is 62.2 Å². The Morgan fingerprint density at radius 1 is 0.931 bits per heavy atom. The first-order valence-corrected chi connectivity index (χ1v) is 10.5. The number of nitrogens with zero attached hydrogens (tertiary/aromatic N) is 3. The van der Waals surface area contributed by atoms with E-state index in [4.69, 9.17) is 0 Å². The Morgan fingerprint density at radius 3 is 2.41 bits per heavy atom. The molecule has 0 spiro atoms. The van der Waals surface area contributed by atoms with Crippen LogP contribution in [0.2, 0.25) is 0 Å². The van der Waals surface area contributed by atoms with E-state index in [2.05, 4.69) is 44.3 Å². The van der Waals surface area contributed by atoms with E-state index >= 15 is 0 Å². The standard InChI is InChI=1S/C23H29FN4O/c24-21-8-4-5-9-22(21)27-14-12-26(13-15-27)18-23(29)25-16-19-10-11-28(17-19)20-6-2-1-3-7-20/h1-9,19H,10-18H2,(H,25,29). The van der Waals surface area contributed by atoms with Crippen molar-refractivity contribution in [2.24, 2.45) is 5.92 Å². The van der Waals surface area contributed by atoms with Crippen LogP contribution in [0.25, 0.3) is 0 Å². The molecule has 2 aromatic carbocycles. The molecule has 0 aliphatic carbocycles. The highest BCUT2D eigenvalue weighted by molar-refractivity contribution is 5.78. The van der Waals surface area contributed by atoms with Gasteiger partial charge >= 0.3 is 0 Å². The van der Waals surface area contributed by atoms with Gasteiger partial charge in [0.15, 0.2) is 0 Å². The van der Waals surface area contributed by atoms with Crippen molar-refractivity contribution < 1.29 is 9.18 Å². The van der Waals surface area contributed by atoms with Crippen LogP contribution in [0.15, 0.2) is 54.6 Å². The molecule has 1 unspecified atom stereocenters. The topological polar surface area (TPSA) is 38.8 Å². The Morgan fingerprint density at radius 2 is 1.66 bits per heavy atom. The molecule has 29 heavy (non-hydrogen) atoms. The third-order valence-corrected chi connectivity index (χ3v) is 5.93. The molecule has 1 atom stereocenters. The highest BCUT2D eigenvalue weighted by Crippen LogP contribution is 2.23. The number of carbonyl (C=O) groups is 1. The minimum atomic E-state index is -0.181. The van der Waals surface area contributed by atoms with E-state index < -0.39 is 0 Å². The quantitative estimate of drug-likeness (QED) is 0.815. The lowest BCUT2D eigenvalue weighted by atomic mass is 10.1. The van der Waals surface area contributed by atoms with Crippen LogP contribution in [0, 0.1) is 11.7 Å². The number of carbonyl (C=O) groups excluding carboxylic acids is 1. The zero-order chi connectivity index (χ0) is 20.1. The van der Waals surface area contributed by atoms with Gasteiger partial charge in [0.25, 0.3) is 0 Å². The molecule has 1 N–H and O–H groups in total. The normalized spacial score (nSPS) is 20.1. The third kappa shape index (κ3) is 5.07. The van der Waals surface area contributed by atoms with Gasteiger partial charge in [0.05, 0.1) is 12.2 Å². The van der Waals surface area contributed by atoms with Gasteiger partial charge in [-0.05, 0) is 36.6 Å². The summed E-state index contributed by atoms with van der Waals surface area (Å²) < 4.78 is 13.9. The van der Waals surface area contributed by atoms with Crippen LogP contribution in [0.5, 0.6) is 0 Å². The molecule has 2 aliphatic heterocycles. The molecule has 0 bridgehead atoms. The van der Waals surface area contributed by atoms with Crippen molar-refractivity contribution in [1.82, 2.24) is 10.2 Å². The molecule has 2 fully saturated rings. The van der Waals surface area contributed by atoms with Gasteiger partial charge in [-0.2, -0.15) is 0 Å². The minimum absolute atomic E-state index is 0.0857. The summed E-state index contributed by atoms with van der Waals surface area (Å²) in [5, 5.41) is 3.12. The van der Waals surface area contributed by atoms with Crippen LogP contribution in [0.1, 0.15) is 6.42 Å². The second-order valence-electron chi connectivity index (χ2n) is 7.95. The average Bonchev–Trinajstić information content (AvgIpc) is 3.23. The molecule has 5 nitrogen and oxygen atoms in total.